The first kappa shape index (κ1) is 14.2. The van der Waals surface area contributed by atoms with Crippen molar-refractivity contribution in [3.8, 4) is 0 Å². The Hall–Kier alpha value is -2.17. The van der Waals surface area contributed by atoms with Crippen LogP contribution in [0, 0.1) is 23.7 Å². The first-order chi connectivity index (χ1) is 11.7. The van der Waals surface area contributed by atoms with Crippen LogP contribution in [0.1, 0.15) is 32.1 Å². The normalized spacial score (nSPS) is 32.6. The van der Waals surface area contributed by atoms with E-state index >= 15 is 0 Å². The van der Waals surface area contributed by atoms with Gasteiger partial charge >= 0.3 is 0 Å². The molecule has 24 heavy (non-hydrogen) atoms. The first-order valence-corrected chi connectivity index (χ1v) is 9.00. The summed E-state index contributed by atoms with van der Waals surface area (Å²) in [5, 5.41) is 5.34. The lowest BCUT2D eigenvalue weighted by atomic mass is 9.81. The van der Waals surface area contributed by atoms with Crippen LogP contribution in [0.5, 0.6) is 0 Å². The fraction of sp³-hybridized carbons (Fsp3) is 0.526. The number of nitrogens with zero attached hydrogens (tertiary/aromatic N) is 3. The van der Waals surface area contributed by atoms with Gasteiger partial charge in [0.1, 0.15) is 0 Å². The van der Waals surface area contributed by atoms with Crippen LogP contribution in [0.2, 0.25) is 0 Å². The van der Waals surface area contributed by atoms with Gasteiger partial charge in [0.05, 0.1) is 10.9 Å². The Morgan fingerprint density at radius 1 is 1.25 bits per heavy atom. The molecule has 124 valence electrons. The molecule has 0 amide bonds. The third kappa shape index (κ3) is 1.96. The van der Waals surface area contributed by atoms with Crippen LogP contribution in [0.3, 0.4) is 0 Å². The Labute approximate surface area is 140 Å². The number of nitrogens with one attached hydrogen (secondary N) is 1. The highest BCUT2D eigenvalue weighted by molar-refractivity contribution is 5.91. The second-order valence-corrected chi connectivity index (χ2v) is 7.60. The highest BCUT2D eigenvalue weighted by Gasteiger charge is 2.52. The number of aromatic nitrogens is 2. The Bertz CT molecular complexity index is 900. The Morgan fingerprint density at radius 3 is 3.00 bits per heavy atom. The van der Waals surface area contributed by atoms with Gasteiger partial charge in [0, 0.05) is 18.7 Å². The summed E-state index contributed by atoms with van der Waals surface area (Å²) >= 11 is 0. The zero-order chi connectivity index (χ0) is 16.3. The summed E-state index contributed by atoms with van der Waals surface area (Å²) in [4.78, 5) is 17.0. The van der Waals surface area contributed by atoms with E-state index in [9.17, 15) is 4.79 Å². The van der Waals surface area contributed by atoms with Gasteiger partial charge in [0.25, 0.3) is 5.56 Å². The summed E-state index contributed by atoms with van der Waals surface area (Å²) in [6.45, 7) is 0. The second kappa shape index (κ2) is 5.16. The molecular weight excluding hydrogens is 300 g/mol. The predicted octanol–water partition coefficient (Wildman–Crippen LogP) is 3.16. The lowest BCUT2D eigenvalue weighted by Gasteiger charge is -2.25. The average molecular weight is 322 g/mol. The molecule has 3 aliphatic carbocycles. The summed E-state index contributed by atoms with van der Waals surface area (Å²) < 4.78 is 1.55. The second-order valence-electron chi connectivity index (χ2n) is 7.60. The van der Waals surface area contributed by atoms with Crippen molar-refractivity contribution < 1.29 is 0 Å². The summed E-state index contributed by atoms with van der Waals surface area (Å²) in [5.74, 6) is 3.84. The van der Waals surface area contributed by atoms with E-state index in [0.717, 1.165) is 24.2 Å². The molecule has 2 bridgehead atoms. The minimum absolute atomic E-state index is 0.0351. The molecule has 2 aromatic rings. The number of benzene rings is 1. The summed E-state index contributed by atoms with van der Waals surface area (Å²) in [6, 6.07) is 7.46. The predicted molar refractivity (Wildman–Crippen MR) is 95.1 cm³/mol. The van der Waals surface area contributed by atoms with Crippen molar-refractivity contribution in [2.75, 3.05) is 5.43 Å². The highest BCUT2D eigenvalue weighted by Crippen LogP contribution is 2.57. The standard InChI is InChI=1S/C19H22N4O/c1-23-18(24)14-5-2-3-8-16(14)20-19(23)22-21-17-10-11-9-15(17)13-7-4-6-12(11)13/h2-3,5,8,11-13,15H,4,6-7,9-10H2,1H3,(H,20,22)/b21-17-. The Morgan fingerprint density at radius 2 is 2.08 bits per heavy atom. The first-order valence-electron chi connectivity index (χ1n) is 9.00. The smallest absolute Gasteiger partial charge is 0.262 e. The van der Waals surface area contributed by atoms with Crippen LogP contribution in [0.25, 0.3) is 10.9 Å². The van der Waals surface area contributed by atoms with Crippen LogP contribution in [0.4, 0.5) is 5.95 Å². The van der Waals surface area contributed by atoms with Crippen LogP contribution in [-0.2, 0) is 7.05 Å². The number of hydrogen-bond acceptors (Lipinski definition) is 4. The minimum atomic E-state index is -0.0351. The molecule has 3 saturated carbocycles. The molecular formula is C19H22N4O. The lowest BCUT2D eigenvalue weighted by Crippen LogP contribution is -2.26. The van der Waals surface area contributed by atoms with Crippen molar-refractivity contribution in [2.24, 2.45) is 35.8 Å². The third-order valence-corrected chi connectivity index (χ3v) is 6.49. The molecule has 5 rings (SSSR count). The fourth-order valence-electron chi connectivity index (χ4n) is 5.38. The highest BCUT2D eigenvalue weighted by atomic mass is 16.1. The minimum Gasteiger partial charge on any atom is -0.280 e. The van der Waals surface area contributed by atoms with Crippen molar-refractivity contribution in [3.05, 3.63) is 34.6 Å². The summed E-state index contributed by atoms with van der Waals surface area (Å²) in [6.07, 6.45) is 6.63. The van der Waals surface area contributed by atoms with Gasteiger partial charge in [-0.15, -0.1) is 0 Å². The maximum absolute atomic E-state index is 12.5. The molecule has 1 aromatic carbocycles. The van der Waals surface area contributed by atoms with Gasteiger partial charge in [-0.3, -0.25) is 9.36 Å². The molecule has 1 heterocycles. The molecule has 1 N–H and O–H groups in total. The number of rotatable bonds is 2. The number of hydrogen-bond donors (Lipinski definition) is 1. The van der Waals surface area contributed by atoms with E-state index in [0.29, 0.717) is 22.8 Å². The van der Waals surface area contributed by atoms with Crippen molar-refractivity contribution in [3.63, 3.8) is 0 Å². The van der Waals surface area contributed by atoms with E-state index in [4.69, 9.17) is 0 Å². The monoisotopic (exact) mass is 322 g/mol. The van der Waals surface area contributed by atoms with Gasteiger partial charge in [-0.05, 0) is 55.6 Å². The third-order valence-electron chi connectivity index (χ3n) is 6.49. The van der Waals surface area contributed by atoms with Crippen LogP contribution >= 0.6 is 0 Å². The molecule has 0 radical (unpaired) electrons. The van der Waals surface area contributed by atoms with Crippen molar-refractivity contribution in [1.82, 2.24) is 9.55 Å². The zero-order valence-corrected chi connectivity index (χ0v) is 13.9. The van der Waals surface area contributed by atoms with E-state index in [1.165, 1.54) is 31.4 Å². The van der Waals surface area contributed by atoms with Crippen LogP contribution in [-0.4, -0.2) is 15.3 Å². The summed E-state index contributed by atoms with van der Waals surface area (Å²) in [7, 11) is 1.75. The SMILES string of the molecule is Cn1c(N/N=C2/CC3CC2C2CCCC32)nc2ccccc2c1=O. The maximum Gasteiger partial charge on any atom is 0.262 e. The molecule has 0 aliphatic heterocycles. The molecule has 5 heteroatoms. The van der Waals surface area contributed by atoms with E-state index in [1.54, 1.807) is 11.6 Å². The molecule has 4 unspecified atom stereocenters. The fourth-order valence-corrected chi connectivity index (χ4v) is 5.38. The van der Waals surface area contributed by atoms with Crippen molar-refractivity contribution in [2.45, 2.75) is 32.1 Å². The van der Waals surface area contributed by atoms with Crippen LogP contribution < -0.4 is 11.0 Å². The van der Waals surface area contributed by atoms with Gasteiger partial charge in [0.2, 0.25) is 5.95 Å². The van der Waals surface area contributed by atoms with E-state index in [1.807, 2.05) is 24.3 Å². The number of hydrazone groups is 1. The summed E-state index contributed by atoms with van der Waals surface area (Å²) in [5.41, 5.74) is 5.07. The molecule has 0 saturated heterocycles. The van der Waals surface area contributed by atoms with E-state index in [2.05, 4.69) is 15.5 Å². The van der Waals surface area contributed by atoms with E-state index < -0.39 is 0 Å². The molecule has 0 spiro atoms. The number of fused-ring (bicyclic) bond motifs is 6. The van der Waals surface area contributed by atoms with Gasteiger partial charge in [0.15, 0.2) is 0 Å². The molecule has 5 nitrogen and oxygen atoms in total. The topological polar surface area (TPSA) is 59.3 Å². The Balaban J connectivity index is 1.46. The molecule has 3 fully saturated rings. The largest absolute Gasteiger partial charge is 0.280 e. The van der Waals surface area contributed by atoms with Gasteiger partial charge < -0.3 is 0 Å². The average Bonchev–Trinajstić information content (AvgIpc) is 3.29. The lowest BCUT2D eigenvalue weighted by molar-refractivity contribution is 0.333. The Kier molecular flexibility index (Phi) is 3.05. The zero-order valence-electron chi connectivity index (χ0n) is 13.9. The molecule has 3 aliphatic rings. The molecule has 1 aromatic heterocycles. The van der Waals surface area contributed by atoms with Gasteiger partial charge in [-0.25, -0.2) is 10.4 Å². The molecule has 4 atom stereocenters. The van der Waals surface area contributed by atoms with Crippen molar-refractivity contribution >= 4 is 22.6 Å². The number of anilines is 1. The van der Waals surface area contributed by atoms with Gasteiger partial charge in [-0.1, -0.05) is 18.6 Å². The van der Waals surface area contributed by atoms with Crippen molar-refractivity contribution in [1.29, 1.82) is 0 Å². The quantitative estimate of drug-likeness (QED) is 0.864. The van der Waals surface area contributed by atoms with Crippen LogP contribution in [0.15, 0.2) is 34.2 Å². The van der Waals surface area contributed by atoms with E-state index in [-0.39, 0.29) is 5.56 Å². The maximum atomic E-state index is 12.5. The number of para-hydroxylation sites is 1. The van der Waals surface area contributed by atoms with Gasteiger partial charge in [-0.2, -0.15) is 5.10 Å².